The number of hydrogen-bond donors (Lipinski definition) is 3. The number of carbonyl (C=O) groups is 1. The van der Waals surface area contributed by atoms with E-state index >= 15 is 0 Å². The molecule has 0 bridgehead atoms. The van der Waals surface area contributed by atoms with Gasteiger partial charge in [-0.2, -0.15) is 13.2 Å². The number of nitrogens with zero attached hydrogens (tertiary/aromatic N) is 1. The second-order valence-electron chi connectivity index (χ2n) is 10.2. The summed E-state index contributed by atoms with van der Waals surface area (Å²) in [6.45, 7) is 1.53. The molecule has 5 rings (SSSR count). The predicted octanol–water partition coefficient (Wildman–Crippen LogP) is 8.59. The third-order valence-corrected chi connectivity index (χ3v) is 9.22. The predicted molar refractivity (Wildman–Crippen MR) is 169 cm³/mol. The SMILES string of the molecule is Nc1ccc(SNC(=O)c2ccc(N3CCC(C(O)c4ccccc4-c4ccc(Cl)cc4)CC3)cc2)cc1SC(F)(F)F. The maximum Gasteiger partial charge on any atom is 0.446 e. The number of nitrogens with two attached hydrogens (primary N) is 1. The number of benzene rings is 4. The molecule has 4 aromatic carbocycles. The number of thioether (sulfide) groups is 1. The number of hydrogen-bond acceptors (Lipinski definition) is 6. The molecule has 5 nitrogen and oxygen atoms in total. The zero-order valence-electron chi connectivity index (χ0n) is 22.9. The Labute approximate surface area is 261 Å². The minimum absolute atomic E-state index is 0.0230. The summed E-state index contributed by atoms with van der Waals surface area (Å²) in [7, 11) is 0. The molecule has 1 amide bonds. The van der Waals surface area contributed by atoms with E-state index in [1.54, 1.807) is 18.2 Å². The van der Waals surface area contributed by atoms with Crippen LogP contribution in [0.2, 0.25) is 5.02 Å². The van der Waals surface area contributed by atoms with E-state index < -0.39 is 11.6 Å². The van der Waals surface area contributed by atoms with E-state index in [9.17, 15) is 23.1 Å². The van der Waals surface area contributed by atoms with Gasteiger partial charge in [-0.05, 0) is 114 Å². The Morgan fingerprint density at radius 2 is 1.65 bits per heavy atom. The summed E-state index contributed by atoms with van der Waals surface area (Å²) in [4.78, 5) is 15.3. The lowest BCUT2D eigenvalue weighted by Gasteiger charge is -2.36. The summed E-state index contributed by atoms with van der Waals surface area (Å²) in [5, 5.41) is 12.0. The average Bonchev–Trinajstić information content (AvgIpc) is 3.01. The summed E-state index contributed by atoms with van der Waals surface area (Å²) in [6.07, 6.45) is 1.03. The van der Waals surface area contributed by atoms with Gasteiger partial charge in [0, 0.05) is 44.8 Å². The first-order chi connectivity index (χ1) is 20.6. The molecule has 0 saturated carbocycles. The number of aliphatic hydroxyl groups is 1. The van der Waals surface area contributed by atoms with E-state index in [-0.39, 0.29) is 34.2 Å². The Morgan fingerprint density at radius 1 is 0.977 bits per heavy atom. The lowest BCUT2D eigenvalue weighted by atomic mass is 9.84. The van der Waals surface area contributed by atoms with Crippen molar-refractivity contribution in [2.45, 2.75) is 34.2 Å². The summed E-state index contributed by atoms with van der Waals surface area (Å²) < 4.78 is 41.0. The van der Waals surface area contributed by atoms with E-state index in [1.807, 2.05) is 60.7 Å². The van der Waals surface area contributed by atoms with E-state index in [0.717, 1.165) is 60.3 Å². The lowest BCUT2D eigenvalue weighted by molar-refractivity contribution is -0.0328. The number of halogens is 4. The van der Waals surface area contributed by atoms with Crippen LogP contribution in [0.1, 0.15) is 34.9 Å². The normalized spacial score (nSPS) is 14.9. The van der Waals surface area contributed by atoms with Crippen LogP contribution in [0.4, 0.5) is 24.5 Å². The minimum Gasteiger partial charge on any atom is -0.398 e. The fraction of sp³-hybridized carbons (Fsp3) is 0.219. The van der Waals surface area contributed by atoms with Crippen molar-refractivity contribution in [3.63, 3.8) is 0 Å². The van der Waals surface area contributed by atoms with Crippen molar-refractivity contribution in [1.82, 2.24) is 4.72 Å². The van der Waals surface area contributed by atoms with Crippen LogP contribution < -0.4 is 15.4 Å². The van der Waals surface area contributed by atoms with Gasteiger partial charge < -0.3 is 15.7 Å². The highest BCUT2D eigenvalue weighted by Crippen LogP contribution is 2.41. The van der Waals surface area contributed by atoms with Crippen molar-refractivity contribution in [2.24, 2.45) is 5.92 Å². The number of rotatable bonds is 8. The quantitative estimate of drug-likeness (QED) is 0.101. The van der Waals surface area contributed by atoms with Crippen molar-refractivity contribution in [3.8, 4) is 11.1 Å². The molecule has 4 aromatic rings. The molecule has 43 heavy (non-hydrogen) atoms. The van der Waals surface area contributed by atoms with Gasteiger partial charge in [0.1, 0.15) is 0 Å². The van der Waals surface area contributed by atoms with Crippen molar-refractivity contribution < 1.29 is 23.1 Å². The van der Waals surface area contributed by atoms with Gasteiger partial charge in [0.2, 0.25) is 0 Å². The summed E-state index contributed by atoms with van der Waals surface area (Å²) in [6, 6.07) is 27.0. The maximum absolute atomic E-state index is 12.8. The smallest absolute Gasteiger partial charge is 0.398 e. The highest BCUT2D eigenvalue weighted by molar-refractivity contribution is 8.00. The van der Waals surface area contributed by atoms with Crippen molar-refractivity contribution >= 4 is 52.6 Å². The van der Waals surface area contributed by atoms with Crippen molar-refractivity contribution in [1.29, 1.82) is 0 Å². The Hall–Kier alpha value is -3.31. The molecule has 0 spiro atoms. The van der Waals surface area contributed by atoms with E-state index in [1.165, 1.54) is 12.1 Å². The third kappa shape index (κ3) is 8.00. The standard InChI is InChI=1S/C32H29ClF3N3O2S2/c33-23-9-5-20(6-10-23)26-3-1-2-4-27(26)30(40)21-15-17-39(18-16-21)24-11-7-22(8-12-24)31(41)38-43-25-13-14-28(37)29(19-25)42-32(34,35)36/h1-14,19,21,30,40H,15-18,37H2,(H,38,41). The Balaban J connectivity index is 1.16. The Kier molecular flexibility index (Phi) is 9.81. The van der Waals surface area contributed by atoms with Crippen LogP contribution in [0.15, 0.2) is 101 Å². The minimum atomic E-state index is -4.46. The number of nitrogen functional groups attached to an aromatic ring is 1. The van der Waals surface area contributed by atoms with Crippen LogP contribution >= 0.6 is 35.3 Å². The fourth-order valence-corrected chi connectivity index (χ4v) is 6.62. The molecule has 1 atom stereocenters. The highest BCUT2D eigenvalue weighted by Gasteiger charge is 2.30. The zero-order chi connectivity index (χ0) is 30.6. The molecule has 4 N–H and O–H groups in total. The Bertz CT molecular complexity index is 1560. The molecule has 1 fully saturated rings. The Morgan fingerprint density at radius 3 is 2.33 bits per heavy atom. The van der Waals surface area contributed by atoms with Crippen LogP contribution in [0.25, 0.3) is 11.1 Å². The van der Waals surface area contributed by atoms with Crippen LogP contribution in [0.3, 0.4) is 0 Å². The average molecular weight is 644 g/mol. The summed E-state index contributed by atoms with van der Waals surface area (Å²) in [5.41, 5.74) is 5.56. The fourth-order valence-electron chi connectivity index (χ4n) is 5.15. The largest absolute Gasteiger partial charge is 0.446 e. The first-order valence-corrected chi connectivity index (χ1v) is 15.6. The molecular weight excluding hydrogens is 615 g/mol. The second-order valence-corrected chi connectivity index (χ2v) is 12.6. The molecule has 1 aliphatic rings. The number of piperidine rings is 1. The van der Waals surface area contributed by atoms with Crippen LogP contribution in [0.5, 0.6) is 0 Å². The number of amides is 1. The van der Waals surface area contributed by atoms with Crippen LogP contribution in [-0.2, 0) is 0 Å². The number of carbonyl (C=O) groups excluding carboxylic acids is 1. The lowest BCUT2D eigenvalue weighted by Crippen LogP contribution is -2.35. The molecule has 11 heteroatoms. The first kappa shape index (κ1) is 31.1. The number of alkyl halides is 3. The van der Waals surface area contributed by atoms with Gasteiger partial charge in [0.05, 0.1) is 6.10 Å². The number of nitrogens with one attached hydrogen (secondary N) is 1. The molecular formula is C32H29ClF3N3O2S2. The molecule has 224 valence electrons. The van der Waals surface area contributed by atoms with Gasteiger partial charge in [-0.3, -0.25) is 9.52 Å². The van der Waals surface area contributed by atoms with E-state index in [0.29, 0.717) is 15.5 Å². The number of aliphatic hydroxyl groups excluding tert-OH is 1. The zero-order valence-corrected chi connectivity index (χ0v) is 25.2. The monoisotopic (exact) mass is 643 g/mol. The van der Waals surface area contributed by atoms with Gasteiger partial charge in [0.15, 0.2) is 0 Å². The molecule has 0 aromatic heterocycles. The first-order valence-electron chi connectivity index (χ1n) is 13.6. The third-order valence-electron chi connectivity index (χ3n) is 7.39. The second kappa shape index (κ2) is 13.5. The van der Waals surface area contributed by atoms with Gasteiger partial charge >= 0.3 is 5.51 Å². The van der Waals surface area contributed by atoms with Gasteiger partial charge in [-0.25, -0.2) is 0 Å². The van der Waals surface area contributed by atoms with Crippen LogP contribution in [0, 0.1) is 5.92 Å². The van der Waals surface area contributed by atoms with Gasteiger partial charge in [0.25, 0.3) is 5.91 Å². The molecule has 1 unspecified atom stereocenters. The van der Waals surface area contributed by atoms with Gasteiger partial charge in [-0.15, -0.1) is 0 Å². The summed E-state index contributed by atoms with van der Waals surface area (Å²) in [5.74, 6) is -0.255. The summed E-state index contributed by atoms with van der Waals surface area (Å²) >= 11 is 6.71. The van der Waals surface area contributed by atoms with E-state index in [2.05, 4.69) is 9.62 Å². The maximum atomic E-state index is 12.8. The highest BCUT2D eigenvalue weighted by atomic mass is 35.5. The molecule has 0 aliphatic carbocycles. The van der Waals surface area contributed by atoms with Crippen molar-refractivity contribution in [2.75, 3.05) is 23.7 Å². The topological polar surface area (TPSA) is 78.6 Å². The van der Waals surface area contributed by atoms with Crippen LogP contribution in [-0.4, -0.2) is 29.6 Å². The van der Waals surface area contributed by atoms with Gasteiger partial charge in [-0.1, -0.05) is 48.0 Å². The molecule has 1 heterocycles. The molecule has 1 aliphatic heterocycles. The van der Waals surface area contributed by atoms with E-state index in [4.69, 9.17) is 17.3 Å². The van der Waals surface area contributed by atoms with Crippen molar-refractivity contribution in [3.05, 3.63) is 107 Å². The molecule has 0 radical (unpaired) electrons. The molecule has 1 saturated heterocycles. The number of anilines is 2.